The van der Waals surface area contributed by atoms with E-state index in [2.05, 4.69) is 15.2 Å². The minimum absolute atomic E-state index is 0.0879. The molecular formula is C11H18N4O. The van der Waals surface area contributed by atoms with Crippen LogP contribution in [0, 0.1) is 5.92 Å². The lowest BCUT2D eigenvalue weighted by Crippen LogP contribution is -2.29. The molecule has 0 spiro atoms. The lowest BCUT2D eigenvalue weighted by Gasteiger charge is -2.14. The molecule has 2 rings (SSSR count). The zero-order valence-electron chi connectivity index (χ0n) is 10.0. The molecule has 1 heterocycles. The summed E-state index contributed by atoms with van der Waals surface area (Å²) in [5.74, 6) is 1.92. The molecule has 1 aliphatic carbocycles. The lowest BCUT2D eigenvalue weighted by molar-refractivity contribution is 0.0777. The van der Waals surface area contributed by atoms with Crippen molar-refractivity contribution >= 4 is 5.91 Å². The van der Waals surface area contributed by atoms with E-state index in [0.717, 1.165) is 12.4 Å². The maximum absolute atomic E-state index is 11.9. The van der Waals surface area contributed by atoms with Gasteiger partial charge in [-0.3, -0.25) is 9.89 Å². The van der Waals surface area contributed by atoms with Crippen molar-refractivity contribution in [2.45, 2.75) is 32.6 Å². The summed E-state index contributed by atoms with van der Waals surface area (Å²) in [6.07, 6.45) is 2.48. The molecule has 0 aromatic carbocycles. The van der Waals surface area contributed by atoms with E-state index in [1.165, 1.54) is 12.8 Å². The Labute approximate surface area is 95.2 Å². The minimum Gasteiger partial charge on any atom is -0.339 e. The molecule has 0 aliphatic heterocycles. The summed E-state index contributed by atoms with van der Waals surface area (Å²) in [7, 11) is 1.81. The predicted molar refractivity (Wildman–Crippen MR) is 60.2 cm³/mol. The topological polar surface area (TPSA) is 61.9 Å². The highest BCUT2D eigenvalue weighted by Gasteiger charge is 2.26. The molecule has 1 saturated carbocycles. The average molecular weight is 222 g/mol. The van der Waals surface area contributed by atoms with Crippen LogP contribution in [0.2, 0.25) is 0 Å². The quantitative estimate of drug-likeness (QED) is 0.837. The monoisotopic (exact) mass is 222 g/mol. The highest BCUT2D eigenvalue weighted by Crippen LogP contribution is 2.29. The Hall–Kier alpha value is -1.39. The summed E-state index contributed by atoms with van der Waals surface area (Å²) in [6, 6.07) is 0. The van der Waals surface area contributed by atoms with Crippen molar-refractivity contribution in [1.82, 2.24) is 20.1 Å². The number of nitrogens with zero attached hydrogens (tertiary/aromatic N) is 3. The summed E-state index contributed by atoms with van der Waals surface area (Å²) >= 11 is 0. The van der Waals surface area contributed by atoms with E-state index < -0.39 is 0 Å². The smallest absolute Gasteiger partial charge is 0.293 e. The fourth-order valence-corrected chi connectivity index (χ4v) is 1.57. The normalized spacial score (nSPS) is 15.5. The molecule has 1 aromatic heterocycles. The van der Waals surface area contributed by atoms with Crippen molar-refractivity contribution in [3.05, 3.63) is 11.6 Å². The van der Waals surface area contributed by atoms with E-state index in [-0.39, 0.29) is 17.6 Å². The van der Waals surface area contributed by atoms with Gasteiger partial charge in [0.25, 0.3) is 5.91 Å². The van der Waals surface area contributed by atoms with Gasteiger partial charge < -0.3 is 4.90 Å². The Balaban J connectivity index is 2.01. The number of carbonyl (C=O) groups excluding carboxylic acids is 1. The number of amides is 1. The third kappa shape index (κ3) is 2.40. The average Bonchev–Trinajstić information content (AvgIpc) is 2.91. The van der Waals surface area contributed by atoms with Crippen LogP contribution in [-0.4, -0.2) is 39.6 Å². The molecule has 1 aliphatic rings. The highest BCUT2D eigenvalue weighted by molar-refractivity contribution is 5.90. The van der Waals surface area contributed by atoms with Crippen molar-refractivity contribution in [1.29, 1.82) is 0 Å². The number of H-pyrrole nitrogens is 1. The van der Waals surface area contributed by atoms with Gasteiger partial charge in [0.05, 0.1) is 0 Å². The van der Waals surface area contributed by atoms with Crippen LogP contribution in [-0.2, 0) is 0 Å². The number of aromatic amines is 1. The first-order valence-corrected chi connectivity index (χ1v) is 5.75. The first kappa shape index (κ1) is 11.1. The van der Waals surface area contributed by atoms with Crippen LogP contribution >= 0.6 is 0 Å². The van der Waals surface area contributed by atoms with Gasteiger partial charge in [0.15, 0.2) is 0 Å². The number of rotatable bonds is 4. The van der Waals surface area contributed by atoms with E-state index in [1.54, 1.807) is 4.90 Å². The molecule has 1 fully saturated rings. The van der Waals surface area contributed by atoms with Crippen LogP contribution in [0.5, 0.6) is 0 Å². The molecule has 0 atom stereocenters. The van der Waals surface area contributed by atoms with E-state index in [0.29, 0.717) is 5.92 Å². The van der Waals surface area contributed by atoms with Crippen molar-refractivity contribution in [3.63, 3.8) is 0 Å². The Morgan fingerprint density at radius 3 is 2.75 bits per heavy atom. The molecule has 1 amide bonds. The summed E-state index contributed by atoms with van der Waals surface area (Å²) in [6.45, 7) is 4.86. The number of aromatic nitrogens is 3. The van der Waals surface area contributed by atoms with Crippen LogP contribution in [0.15, 0.2) is 0 Å². The molecular weight excluding hydrogens is 204 g/mol. The molecule has 0 radical (unpaired) electrons. The number of carbonyl (C=O) groups is 1. The third-order valence-corrected chi connectivity index (χ3v) is 2.82. The van der Waals surface area contributed by atoms with Gasteiger partial charge in [0.2, 0.25) is 5.82 Å². The molecule has 88 valence electrons. The van der Waals surface area contributed by atoms with Gasteiger partial charge in [-0.05, 0) is 18.8 Å². The molecule has 1 aromatic rings. The Kier molecular flexibility index (Phi) is 2.94. The van der Waals surface area contributed by atoms with Crippen LogP contribution in [0.3, 0.4) is 0 Å². The number of nitrogens with one attached hydrogen (secondary N) is 1. The number of hydrogen-bond acceptors (Lipinski definition) is 3. The second-order valence-corrected chi connectivity index (χ2v) is 4.83. The van der Waals surface area contributed by atoms with Gasteiger partial charge in [0.1, 0.15) is 5.82 Å². The third-order valence-electron chi connectivity index (χ3n) is 2.82. The van der Waals surface area contributed by atoms with E-state index >= 15 is 0 Å². The maximum atomic E-state index is 11.9. The summed E-state index contributed by atoms with van der Waals surface area (Å²) in [5.41, 5.74) is 0. The zero-order chi connectivity index (χ0) is 11.7. The Morgan fingerprint density at radius 2 is 2.25 bits per heavy atom. The largest absolute Gasteiger partial charge is 0.339 e. The summed E-state index contributed by atoms with van der Waals surface area (Å²) in [4.78, 5) is 17.8. The first-order chi connectivity index (χ1) is 7.58. The molecule has 0 unspecified atom stereocenters. The second kappa shape index (κ2) is 4.23. The molecule has 1 N–H and O–H groups in total. The van der Waals surface area contributed by atoms with Crippen molar-refractivity contribution in [2.24, 2.45) is 5.92 Å². The van der Waals surface area contributed by atoms with Crippen LogP contribution < -0.4 is 0 Å². The van der Waals surface area contributed by atoms with Crippen LogP contribution in [0.25, 0.3) is 0 Å². The fourth-order valence-electron chi connectivity index (χ4n) is 1.57. The molecule has 5 heteroatoms. The van der Waals surface area contributed by atoms with Gasteiger partial charge in [-0.2, -0.15) is 0 Å². The van der Waals surface area contributed by atoms with Gasteiger partial charge in [-0.15, -0.1) is 5.10 Å². The molecule has 16 heavy (non-hydrogen) atoms. The minimum atomic E-state index is -0.0879. The van der Waals surface area contributed by atoms with E-state index in [4.69, 9.17) is 0 Å². The second-order valence-electron chi connectivity index (χ2n) is 4.83. The SMILES string of the molecule is CC(C)c1nc(C(=O)N(C)CC2CC2)n[nH]1. The predicted octanol–water partition coefficient (Wildman–Crippen LogP) is 1.41. The van der Waals surface area contributed by atoms with Crippen molar-refractivity contribution in [2.75, 3.05) is 13.6 Å². The summed E-state index contributed by atoms with van der Waals surface area (Å²) < 4.78 is 0. The van der Waals surface area contributed by atoms with Gasteiger partial charge in [0, 0.05) is 19.5 Å². The van der Waals surface area contributed by atoms with Gasteiger partial charge in [-0.1, -0.05) is 13.8 Å². The summed E-state index contributed by atoms with van der Waals surface area (Å²) in [5, 5.41) is 6.76. The van der Waals surface area contributed by atoms with Gasteiger partial charge >= 0.3 is 0 Å². The zero-order valence-corrected chi connectivity index (χ0v) is 10.0. The van der Waals surface area contributed by atoms with Crippen molar-refractivity contribution < 1.29 is 4.79 Å². The Bertz CT molecular complexity index is 381. The first-order valence-electron chi connectivity index (χ1n) is 5.75. The lowest BCUT2D eigenvalue weighted by atomic mass is 10.2. The fraction of sp³-hybridized carbons (Fsp3) is 0.727. The standard InChI is InChI=1S/C11H18N4O/c1-7(2)9-12-10(14-13-9)11(16)15(3)6-8-4-5-8/h7-8H,4-6H2,1-3H3,(H,12,13,14). The molecule has 5 nitrogen and oxygen atoms in total. The molecule has 0 saturated heterocycles. The van der Waals surface area contributed by atoms with E-state index in [1.807, 2.05) is 20.9 Å². The molecule has 0 bridgehead atoms. The number of hydrogen-bond donors (Lipinski definition) is 1. The maximum Gasteiger partial charge on any atom is 0.293 e. The van der Waals surface area contributed by atoms with Crippen LogP contribution in [0.1, 0.15) is 49.1 Å². The van der Waals surface area contributed by atoms with Crippen molar-refractivity contribution in [3.8, 4) is 0 Å². The Morgan fingerprint density at radius 1 is 1.56 bits per heavy atom. The van der Waals surface area contributed by atoms with Crippen LogP contribution in [0.4, 0.5) is 0 Å². The van der Waals surface area contributed by atoms with E-state index in [9.17, 15) is 4.79 Å². The highest BCUT2D eigenvalue weighted by atomic mass is 16.2. The van der Waals surface area contributed by atoms with Gasteiger partial charge in [-0.25, -0.2) is 4.98 Å².